The zero-order valence-corrected chi connectivity index (χ0v) is 9.86. The smallest absolute Gasteiger partial charge is 0.339 e. The van der Waals surface area contributed by atoms with E-state index >= 15 is 0 Å². The van der Waals surface area contributed by atoms with Crippen LogP contribution in [0.15, 0.2) is 34.7 Å². The van der Waals surface area contributed by atoms with Crippen LogP contribution in [0.1, 0.15) is 28.6 Å². The molecule has 2 aromatic rings. The van der Waals surface area contributed by atoms with Crippen molar-refractivity contribution in [2.24, 2.45) is 0 Å². The fourth-order valence-corrected chi connectivity index (χ4v) is 1.74. The van der Waals surface area contributed by atoms with Gasteiger partial charge in [-0.1, -0.05) is 31.2 Å². The normalized spacial score (nSPS) is 10.5. The molecule has 0 aliphatic rings. The first kappa shape index (κ1) is 11.5. The number of hydrogen-bond acceptors (Lipinski definition) is 2. The first-order valence-corrected chi connectivity index (χ1v) is 5.55. The summed E-state index contributed by atoms with van der Waals surface area (Å²) in [5, 5.41) is 8.95. The summed E-state index contributed by atoms with van der Waals surface area (Å²) in [4.78, 5) is 10.9. The Bertz CT molecular complexity index is 535. The quantitative estimate of drug-likeness (QED) is 0.877. The molecule has 0 saturated heterocycles. The Labute approximate surface area is 99.7 Å². The van der Waals surface area contributed by atoms with Gasteiger partial charge in [0.15, 0.2) is 0 Å². The van der Waals surface area contributed by atoms with Gasteiger partial charge in [-0.25, -0.2) is 4.79 Å². The molecule has 0 aliphatic heterocycles. The van der Waals surface area contributed by atoms with Crippen molar-refractivity contribution in [3.05, 3.63) is 47.2 Å². The molecule has 17 heavy (non-hydrogen) atoms. The molecule has 1 aromatic heterocycles. The Morgan fingerprint density at radius 3 is 2.41 bits per heavy atom. The van der Waals surface area contributed by atoms with E-state index in [1.165, 1.54) is 5.56 Å². The standard InChI is InChI=1S/C14H14O3/c1-3-10-4-6-11(7-5-10)13-8-12(14(15)16)9(2)17-13/h4-8H,3H2,1-2H3,(H,15,16). The van der Waals surface area contributed by atoms with Crippen molar-refractivity contribution in [2.75, 3.05) is 0 Å². The highest BCUT2D eigenvalue weighted by molar-refractivity contribution is 5.90. The number of carboxylic acid groups (broad SMARTS) is 1. The topological polar surface area (TPSA) is 50.4 Å². The fourth-order valence-electron chi connectivity index (χ4n) is 1.74. The van der Waals surface area contributed by atoms with Gasteiger partial charge in [-0.2, -0.15) is 0 Å². The largest absolute Gasteiger partial charge is 0.478 e. The van der Waals surface area contributed by atoms with E-state index in [1.807, 2.05) is 24.3 Å². The Morgan fingerprint density at radius 2 is 1.94 bits per heavy atom. The molecule has 88 valence electrons. The van der Waals surface area contributed by atoms with Crippen LogP contribution in [-0.4, -0.2) is 11.1 Å². The van der Waals surface area contributed by atoms with Gasteiger partial charge in [-0.3, -0.25) is 0 Å². The van der Waals surface area contributed by atoms with Crippen molar-refractivity contribution in [1.82, 2.24) is 0 Å². The number of rotatable bonds is 3. The third-order valence-electron chi connectivity index (χ3n) is 2.79. The molecule has 0 amide bonds. The van der Waals surface area contributed by atoms with Gasteiger partial charge in [0, 0.05) is 5.56 Å². The highest BCUT2D eigenvalue weighted by Crippen LogP contribution is 2.25. The molecule has 2 rings (SSSR count). The summed E-state index contributed by atoms with van der Waals surface area (Å²) in [5.41, 5.74) is 2.37. The minimum atomic E-state index is -0.956. The molecule has 3 heteroatoms. The van der Waals surface area contributed by atoms with Gasteiger partial charge in [0.2, 0.25) is 0 Å². The molecule has 0 atom stereocenters. The number of hydrogen-bond donors (Lipinski definition) is 1. The first-order valence-electron chi connectivity index (χ1n) is 5.55. The summed E-state index contributed by atoms with van der Waals surface area (Å²) in [5.74, 6) is 0.0808. The van der Waals surface area contributed by atoms with E-state index in [2.05, 4.69) is 6.92 Å². The SMILES string of the molecule is CCc1ccc(-c2cc(C(=O)O)c(C)o2)cc1. The van der Waals surface area contributed by atoms with E-state index in [0.29, 0.717) is 11.5 Å². The van der Waals surface area contributed by atoms with Gasteiger partial charge < -0.3 is 9.52 Å². The molecule has 1 heterocycles. The first-order chi connectivity index (χ1) is 8.11. The molecule has 3 nitrogen and oxygen atoms in total. The molecular formula is C14H14O3. The average molecular weight is 230 g/mol. The van der Waals surface area contributed by atoms with Crippen LogP contribution in [0.4, 0.5) is 0 Å². The Hall–Kier alpha value is -2.03. The van der Waals surface area contributed by atoms with Crippen molar-refractivity contribution < 1.29 is 14.3 Å². The van der Waals surface area contributed by atoms with E-state index in [4.69, 9.17) is 9.52 Å². The Morgan fingerprint density at radius 1 is 1.29 bits per heavy atom. The molecule has 0 saturated carbocycles. The second kappa shape index (κ2) is 4.45. The van der Waals surface area contributed by atoms with Crippen LogP contribution in [0, 0.1) is 6.92 Å². The van der Waals surface area contributed by atoms with E-state index < -0.39 is 5.97 Å². The molecule has 0 unspecified atom stereocenters. The Kier molecular flexibility index (Phi) is 3.00. The van der Waals surface area contributed by atoms with E-state index in [0.717, 1.165) is 12.0 Å². The van der Waals surface area contributed by atoms with Crippen LogP contribution < -0.4 is 0 Å². The average Bonchev–Trinajstić information content (AvgIpc) is 2.71. The summed E-state index contributed by atoms with van der Waals surface area (Å²) >= 11 is 0. The second-order valence-electron chi connectivity index (χ2n) is 3.94. The fraction of sp³-hybridized carbons (Fsp3) is 0.214. The van der Waals surface area contributed by atoms with Gasteiger partial charge in [0.05, 0.1) is 0 Å². The van der Waals surface area contributed by atoms with Gasteiger partial charge >= 0.3 is 5.97 Å². The van der Waals surface area contributed by atoms with Crippen molar-refractivity contribution in [3.63, 3.8) is 0 Å². The third-order valence-corrected chi connectivity index (χ3v) is 2.79. The van der Waals surface area contributed by atoms with Crippen molar-refractivity contribution in [1.29, 1.82) is 0 Å². The van der Waals surface area contributed by atoms with Crippen LogP contribution in [0.3, 0.4) is 0 Å². The highest BCUT2D eigenvalue weighted by Gasteiger charge is 2.14. The predicted molar refractivity (Wildman–Crippen MR) is 65.2 cm³/mol. The summed E-state index contributed by atoms with van der Waals surface area (Å²) in [6, 6.07) is 9.51. The molecule has 1 aromatic carbocycles. The maximum atomic E-state index is 10.9. The summed E-state index contributed by atoms with van der Waals surface area (Å²) in [7, 11) is 0. The van der Waals surface area contributed by atoms with Crippen LogP contribution in [-0.2, 0) is 6.42 Å². The van der Waals surface area contributed by atoms with E-state index in [9.17, 15) is 4.79 Å². The predicted octanol–water partition coefficient (Wildman–Crippen LogP) is 3.52. The number of furan rings is 1. The van der Waals surface area contributed by atoms with Crippen molar-refractivity contribution >= 4 is 5.97 Å². The number of carboxylic acids is 1. The third kappa shape index (κ3) is 2.23. The van der Waals surface area contributed by atoms with E-state index in [-0.39, 0.29) is 5.56 Å². The lowest BCUT2D eigenvalue weighted by atomic mass is 10.1. The molecule has 0 bridgehead atoms. The zero-order valence-electron chi connectivity index (χ0n) is 9.86. The summed E-state index contributed by atoms with van der Waals surface area (Å²) in [6.07, 6.45) is 0.984. The second-order valence-corrected chi connectivity index (χ2v) is 3.94. The molecule has 1 N–H and O–H groups in total. The summed E-state index contributed by atoms with van der Waals surface area (Å²) in [6.45, 7) is 3.75. The van der Waals surface area contributed by atoms with Crippen LogP contribution in [0.2, 0.25) is 0 Å². The molecule has 0 aliphatic carbocycles. The van der Waals surface area contributed by atoms with Gasteiger partial charge in [-0.05, 0) is 25.0 Å². The number of carbonyl (C=O) groups is 1. The van der Waals surface area contributed by atoms with E-state index in [1.54, 1.807) is 13.0 Å². The minimum absolute atomic E-state index is 0.222. The maximum absolute atomic E-state index is 10.9. The van der Waals surface area contributed by atoms with Crippen molar-refractivity contribution in [3.8, 4) is 11.3 Å². The lowest BCUT2D eigenvalue weighted by Crippen LogP contribution is -1.94. The molecule has 0 radical (unpaired) electrons. The van der Waals surface area contributed by atoms with Crippen molar-refractivity contribution in [2.45, 2.75) is 20.3 Å². The highest BCUT2D eigenvalue weighted by atomic mass is 16.4. The number of benzene rings is 1. The van der Waals surface area contributed by atoms with Gasteiger partial charge in [-0.15, -0.1) is 0 Å². The van der Waals surface area contributed by atoms with Gasteiger partial charge in [0.25, 0.3) is 0 Å². The molecular weight excluding hydrogens is 216 g/mol. The minimum Gasteiger partial charge on any atom is -0.478 e. The summed E-state index contributed by atoms with van der Waals surface area (Å²) < 4.78 is 5.45. The lowest BCUT2D eigenvalue weighted by molar-refractivity contribution is 0.0695. The zero-order chi connectivity index (χ0) is 12.4. The van der Waals surface area contributed by atoms with Gasteiger partial charge in [0.1, 0.15) is 17.1 Å². The number of aryl methyl sites for hydroxylation is 2. The lowest BCUT2D eigenvalue weighted by Gasteiger charge is -1.98. The molecule has 0 fully saturated rings. The monoisotopic (exact) mass is 230 g/mol. The maximum Gasteiger partial charge on any atom is 0.339 e. The van der Waals surface area contributed by atoms with Crippen LogP contribution >= 0.6 is 0 Å². The van der Waals surface area contributed by atoms with Crippen LogP contribution in [0.5, 0.6) is 0 Å². The molecule has 0 spiro atoms. The number of aromatic carboxylic acids is 1. The Balaban J connectivity index is 2.39. The van der Waals surface area contributed by atoms with Crippen LogP contribution in [0.25, 0.3) is 11.3 Å².